The minimum atomic E-state index is 0.359. The molecule has 0 aromatic heterocycles. The molecule has 0 saturated carbocycles. The molecule has 0 rings (SSSR count). The lowest BCUT2D eigenvalue weighted by atomic mass is 9.73. The Hall–Kier alpha value is -0.0400. The number of hydrogen-bond donors (Lipinski definition) is 0. The molecule has 0 heterocycles. The van der Waals surface area contributed by atoms with Crippen LogP contribution in [0, 0.1) is 16.7 Å². The molecule has 0 aromatic rings. The first kappa shape index (κ1) is 22.0. The van der Waals surface area contributed by atoms with E-state index in [4.69, 9.17) is 0 Å². The highest BCUT2D eigenvalue weighted by Crippen LogP contribution is 2.38. The molecule has 0 fully saturated rings. The van der Waals surface area contributed by atoms with Gasteiger partial charge in [-0.2, -0.15) is 0 Å². The van der Waals surface area contributed by atoms with Crippen LogP contribution < -0.4 is 0 Å². The third-order valence-corrected chi connectivity index (χ3v) is 5.93. The van der Waals surface area contributed by atoms with E-state index in [0.717, 1.165) is 5.92 Å². The summed E-state index contributed by atoms with van der Waals surface area (Å²) in [5.74, 6) is 0.844. The van der Waals surface area contributed by atoms with Gasteiger partial charge in [0.1, 0.15) is 0 Å². The van der Waals surface area contributed by atoms with E-state index in [1.54, 1.807) is 0 Å². The molecule has 0 amide bonds. The summed E-state index contributed by atoms with van der Waals surface area (Å²) >= 11 is 0. The van der Waals surface area contributed by atoms with Gasteiger partial charge >= 0.3 is 0 Å². The Balaban J connectivity index is 4.94. The summed E-state index contributed by atoms with van der Waals surface area (Å²) in [4.78, 5) is 2.67. The molecule has 0 aliphatic heterocycles. The lowest BCUT2D eigenvalue weighted by molar-refractivity contribution is 0.0534. The van der Waals surface area contributed by atoms with E-state index in [1.165, 1.54) is 38.5 Å². The zero-order valence-electron chi connectivity index (χ0n) is 17.4. The van der Waals surface area contributed by atoms with E-state index >= 15 is 0 Å². The van der Waals surface area contributed by atoms with Crippen LogP contribution in [-0.2, 0) is 0 Å². The molecule has 0 saturated heterocycles. The fourth-order valence-corrected chi connectivity index (χ4v) is 4.04. The molecular weight excluding hydrogens is 266 g/mol. The highest BCUT2D eigenvalue weighted by atomic mass is 15.2. The summed E-state index contributed by atoms with van der Waals surface area (Å²) in [7, 11) is 2.36. The van der Waals surface area contributed by atoms with Crippen LogP contribution in [-0.4, -0.2) is 24.0 Å². The van der Waals surface area contributed by atoms with Crippen molar-refractivity contribution in [3.8, 4) is 0 Å². The first-order valence-electron chi connectivity index (χ1n) is 9.72. The quantitative estimate of drug-likeness (QED) is 0.430. The van der Waals surface area contributed by atoms with E-state index in [0.29, 0.717) is 22.9 Å². The third kappa shape index (κ3) is 7.02. The predicted molar refractivity (Wildman–Crippen MR) is 102 cm³/mol. The SMILES string of the molecule is CCCC(N(C)C(C)CC(C)(CC)CC(C)CC)C(C)(C)C. The Kier molecular flexibility index (Phi) is 9.29. The van der Waals surface area contributed by atoms with Crippen molar-refractivity contribution in [3.63, 3.8) is 0 Å². The topological polar surface area (TPSA) is 3.24 Å². The number of nitrogens with zero attached hydrogens (tertiary/aromatic N) is 1. The Morgan fingerprint density at radius 3 is 1.82 bits per heavy atom. The molecule has 0 aliphatic carbocycles. The van der Waals surface area contributed by atoms with Crippen molar-refractivity contribution in [2.75, 3.05) is 7.05 Å². The molecule has 1 heteroatoms. The van der Waals surface area contributed by atoms with Gasteiger partial charge in [-0.15, -0.1) is 0 Å². The Bertz CT molecular complexity index is 291. The molecule has 4 unspecified atom stereocenters. The molecule has 0 aromatic carbocycles. The molecule has 0 N–H and O–H groups in total. The Morgan fingerprint density at radius 1 is 0.909 bits per heavy atom. The molecule has 4 atom stereocenters. The van der Waals surface area contributed by atoms with Gasteiger partial charge in [0.25, 0.3) is 0 Å². The van der Waals surface area contributed by atoms with Crippen molar-refractivity contribution < 1.29 is 0 Å². The van der Waals surface area contributed by atoms with Gasteiger partial charge < -0.3 is 4.90 Å². The van der Waals surface area contributed by atoms with Crippen LogP contribution in [0.15, 0.2) is 0 Å². The van der Waals surface area contributed by atoms with Crippen LogP contribution in [0.5, 0.6) is 0 Å². The standard InChI is InChI=1S/C21H45N/c1-11-14-19(20(6,7)8)22(10)18(5)16-21(9,13-3)15-17(4)12-2/h17-19H,11-16H2,1-10H3. The second kappa shape index (κ2) is 9.30. The van der Waals surface area contributed by atoms with Crippen molar-refractivity contribution in [2.24, 2.45) is 16.7 Å². The predicted octanol–water partition coefficient (Wildman–Crippen LogP) is 6.76. The molecule has 0 aliphatic rings. The molecule has 134 valence electrons. The summed E-state index contributed by atoms with van der Waals surface area (Å²) in [6.07, 6.45) is 7.87. The van der Waals surface area contributed by atoms with Gasteiger partial charge in [0.15, 0.2) is 0 Å². The third-order valence-electron chi connectivity index (χ3n) is 5.93. The second-order valence-corrected chi connectivity index (χ2v) is 9.27. The average molecular weight is 312 g/mol. The van der Waals surface area contributed by atoms with Crippen LogP contribution in [0.25, 0.3) is 0 Å². The maximum absolute atomic E-state index is 2.67. The Morgan fingerprint density at radius 2 is 1.45 bits per heavy atom. The minimum Gasteiger partial charge on any atom is -0.300 e. The van der Waals surface area contributed by atoms with Crippen LogP contribution >= 0.6 is 0 Å². The second-order valence-electron chi connectivity index (χ2n) is 9.27. The highest BCUT2D eigenvalue weighted by Gasteiger charge is 2.33. The maximum Gasteiger partial charge on any atom is 0.0143 e. The smallest absolute Gasteiger partial charge is 0.0143 e. The van der Waals surface area contributed by atoms with Crippen molar-refractivity contribution >= 4 is 0 Å². The van der Waals surface area contributed by atoms with Gasteiger partial charge in [-0.1, -0.05) is 74.7 Å². The monoisotopic (exact) mass is 311 g/mol. The van der Waals surface area contributed by atoms with Crippen molar-refractivity contribution in [2.45, 2.75) is 113 Å². The van der Waals surface area contributed by atoms with Gasteiger partial charge in [0.05, 0.1) is 0 Å². The first-order valence-corrected chi connectivity index (χ1v) is 9.72. The van der Waals surface area contributed by atoms with E-state index < -0.39 is 0 Å². The molecule has 0 bridgehead atoms. The van der Waals surface area contributed by atoms with Crippen LogP contribution in [0.2, 0.25) is 0 Å². The van der Waals surface area contributed by atoms with E-state index in [1.807, 2.05) is 0 Å². The van der Waals surface area contributed by atoms with Crippen LogP contribution in [0.4, 0.5) is 0 Å². The summed E-state index contributed by atoms with van der Waals surface area (Å²) in [5, 5.41) is 0. The highest BCUT2D eigenvalue weighted by molar-refractivity contribution is 4.87. The van der Waals surface area contributed by atoms with Gasteiger partial charge in [-0.05, 0) is 50.0 Å². The fourth-order valence-electron chi connectivity index (χ4n) is 4.04. The molecule has 22 heavy (non-hydrogen) atoms. The summed E-state index contributed by atoms with van der Waals surface area (Å²) < 4.78 is 0. The number of hydrogen-bond acceptors (Lipinski definition) is 1. The van der Waals surface area contributed by atoms with Crippen molar-refractivity contribution in [1.82, 2.24) is 4.90 Å². The maximum atomic E-state index is 2.67. The van der Waals surface area contributed by atoms with Crippen LogP contribution in [0.1, 0.15) is 101 Å². The van der Waals surface area contributed by atoms with E-state index in [-0.39, 0.29) is 0 Å². The fraction of sp³-hybridized carbons (Fsp3) is 1.00. The van der Waals surface area contributed by atoms with Gasteiger partial charge in [0.2, 0.25) is 0 Å². The first-order chi connectivity index (χ1) is 10.0. The van der Waals surface area contributed by atoms with E-state index in [2.05, 4.69) is 74.3 Å². The molecule has 0 spiro atoms. The summed E-state index contributed by atoms with van der Waals surface area (Å²) in [6, 6.07) is 1.34. The lowest BCUT2D eigenvalue weighted by Crippen LogP contribution is -2.47. The average Bonchev–Trinajstić information content (AvgIpc) is 2.42. The largest absolute Gasteiger partial charge is 0.300 e. The molecule has 1 nitrogen and oxygen atoms in total. The Labute approximate surface area is 142 Å². The summed E-state index contributed by atoms with van der Waals surface area (Å²) in [6.45, 7) is 21.6. The van der Waals surface area contributed by atoms with Gasteiger partial charge in [-0.3, -0.25) is 0 Å². The summed E-state index contributed by atoms with van der Waals surface area (Å²) in [5.41, 5.74) is 0.843. The molecule has 0 radical (unpaired) electrons. The van der Waals surface area contributed by atoms with Gasteiger partial charge in [-0.25, -0.2) is 0 Å². The normalized spacial score (nSPS) is 19.8. The zero-order chi connectivity index (χ0) is 17.6. The molecular formula is C21H45N. The van der Waals surface area contributed by atoms with Gasteiger partial charge in [0, 0.05) is 12.1 Å². The zero-order valence-corrected chi connectivity index (χ0v) is 17.4. The van der Waals surface area contributed by atoms with Crippen molar-refractivity contribution in [3.05, 3.63) is 0 Å². The number of rotatable bonds is 10. The van der Waals surface area contributed by atoms with E-state index in [9.17, 15) is 0 Å². The lowest BCUT2D eigenvalue weighted by Gasteiger charge is -2.44. The minimum absolute atomic E-state index is 0.359. The van der Waals surface area contributed by atoms with Crippen molar-refractivity contribution in [1.29, 1.82) is 0 Å². The van der Waals surface area contributed by atoms with Crippen LogP contribution in [0.3, 0.4) is 0 Å².